The number of nitrogens with zero attached hydrogens (tertiary/aromatic N) is 1. The Balaban J connectivity index is 3.77. The fourth-order valence-electron chi connectivity index (χ4n) is 4.30. The van der Waals surface area contributed by atoms with Crippen LogP contribution in [-0.2, 0) is 14.3 Å². The minimum absolute atomic E-state index is 0.0834. The van der Waals surface area contributed by atoms with Gasteiger partial charge in [-0.3, -0.25) is 9.59 Å². The number of carbonyl (C=O) groups is 3. The van der Waals surface area contributed by atoms with Crippen molar-refractivity contribution in [2.45, 2.75) is 124 Å². The van der Waals surface area contributed by atoms with Crippen LogP contribution < -0.4 is 10.6 Å². The molecule has 38 heavy (non-hydrogen) atoms. The molecule has 212 valence electrons. The highest BCUT2D eigenvalue weighted by atomic mass is 16.6. The second-order valence-electron chi connectivity index (χ2n) is 11.7. The van der Waals surface area contributed by atoms with Crippen molar-refractivity contribution in [1.29, 1.82) is 0 Å². The lowest BCUT2D eigenvalue weighted by atomic mass is 9.88. The highest BCUT2D eigenvalue weighted by molar-refractivity contribution is 5.93. The van der Waals surface area contributed by atoms with Crippen molar-refractivity contribution >= 4 is 17.9 Å². The summed E-state index contributed by atoms with van der Waals surface area (Å²) in [6.45, 7) is 19.0. The van der Waals surface area contributed by atoms with E-state index in [-0.39, 0.29) is 23.8 Å². The number of rotatable bonds is 12. The molecule has 0 bridgehead atoms. The highest BCUT2D eigenvalue weighted by Gasteiger charge is 2.44. The van der Waals surface area contributed by atoms with Crippen LogP contribution in [-0.4, -0.2) is 46.0 Å². The number of benzene rings is 1. The predicted molar refractivity (Wildman–Crippen MR) is 153 cm³/mol. The number of ether oxygens (including phenoxy) is 1. The number of nitrogens with one attached hydrogen (secondary N) is 2. The monoisotopic (exact) mass is 527 g/mol. The van der Waals surface area contributed by atoms with Crippen LogP contribution in [0.1, 0.15) is 112 Å². The van der Waals surface area contributed by atoms with Crippen LogP contribution in [0.2, 0.25) is 0 Å². The first-order valence-corrected chi connectivity index (χ1v) is 13.8. The Kier molecular flexibility index (Phi) is 12.4. The molecular formula is C31H49N3O4. The van der Waals surface area contributed by atoms with Crippen molar-refractivity contribution < 1.29 is 19.1 Å². The quantitative estimate of drug-likeness (QED) is 0.328. The number of terminal acetylenes is 1. The van der Waals surface area contributed by atoms with Gasteiger partial charge in [-0.05, 0) is 71.9 Å². The maximum Gasteiger partial charge on any atom is 0.408 e. The summed E-state index contributed by atoms with van der Waals surface area (Å²) in [5, 5.41) is 5.91. The molecule has 7 heteroatoms. The van der Waals surface area contributed by atoms with Gasteiger partial charge in [-0.1, -0.05) is 64.7 Å². The molecule has 2 N–H and O–H groups in total. The molecule has 0 aliphatic rings. The van der Waals surface area contributed by atoms with Gasteiger partial charge in [0.15, 0.2) is 0 Å². The molecule has 0 fully saturated rings. The van der Waals surface area contributed by atoms with Gasteiger partial charge in [0, 0.05) is 17.1 Å². The first-order valence-electron chi connectivity index (χ1n) is 13.8. The first-order chi connectivity index (χ1) is 17.6. The van der Waals surface area contributed by atoms with E-state index in [1.54, 1.807) is 37.8 Å². The lowest BCUT2D eigenvalue weighted by Crippen LogP contribution is -2.61. The lowest BCUT2D eigenvalue weighted by Gasteiger charge is -2.45. The lowest BCUT2D eigenvalue weighted by molar-refractivity contribution is -0.150. The molecule has 0 aliphatic carbocycles. The van der Waals surface area contributed by atoms with Crippen LogP contribution in [0.25, 0.3) is 0 Å². The molecule has 0 spiro atoms. The minimum Gasteiger partial charge on any atom is -0.444 e. The van der Waals surface area contributed by atoms with Crippen molar-refractivity contribution in [3.63, 3.8) is 0 Å². The van der Waals surface area contributed by atoms with Crippen LogP contribution in [0.15, 0.2) is 24.3 Å². The summed E-state index contributed by atoms with van der Waals surface area (Å²) in [7, 11) is 0. The van der Waals surface area contributed by atoms with E-state index in [0.717, 1.165) is 12.8 Å². The summed E-state index contributed by atoms with van der Waals surface area (Å²) in [6.07, 6.45) is 8.10. The van der Waals surface area contributed by atoms with E-state index in [2.05, 4.69) is 23.5 Å². The molecule has 4 atom stereocenters. The van der Waals surface area contributed by atoms with Gasteiger partial charge in [0.1, 0.15) is 17.7 Å². The number of hydrogen-bond acceptors (Lipinski definition) is 4. The first kappa shape index (κ1) is 33.0. The molecule has 0 aliphatic heterocycles. The molecule has 0 saturated carbocycles. The van der Waals surface area contributed by atoms with Crippen molar-refractivity contribution in [3.05, 3.63) is 35.4 Å². The fraction of sp³-hybridized carbons (Fsp3) is 0.645. The van der Waals surface area contributed by atoms with Crippen molar-refractivity contribution in [2.75, 3.05) is 0 Å². The zero-order valence-electron chi connectivity index (χ0n) is 25.1. The van der Waals surface area contributed by atoms with Gasteiger partial charge >= 0.3 is 6.09 Å². The topological polar surface area (TPSA) is 87.7 Å². The molecule has 0 heterocycles. The molecule has 1 aromatic carbocycles. The fourth-order valence-corrected chi connectivity index (χ4v) is 4.30. The van der Waals surface area contributed by atoms with E-state index in [1.165, 1.54) is 0 Å². The Morgan fingerprint density at radius 3 is 2.13 bits per heavy atom. The summed E-state index contributed by atoms with van der Waals surface area (Å²) in [6, 6.07) is 5.24. The van der Waals surface area contributed by atoms with Crippen LogP contribution in [0, 0.1) is 18.3 Å². The van der Waals surface area contributed by atoms with E-state index in [1.807, 2.05) is 53.7 Å². The molecular weight excluding hydrogens is 478 g/mol. The zero-order valence-corrected chi connectivity index (χ0v) is 25.1. The summed E-state index contributed by atoms with van der Waals surface area (Å²) >= 11 is 0. The molecule has 1 aromatic rings. The van der Waals surface area contributed by atoms with E-state index in [4.69, 9.17) is 11.2 Å². The van der Waals surface area contributed by atoms with Crippen LogP contribution in [0.4, 0.5) is 4.79 Å². The largest absolute Gasteiger partial charge is 0.444 e. The molecule has 0 aromatic heterocycles. The molecule has 7 nitrogen and oxygen atoms in total. The average Bonchev–Trinajstić information content (AvgIpc) is 2.83. The Bertz CT molecular complexity index is 990. The van der Waals surface area contributed by atoms with Gasteiger partial charge in [-0.25, -0.2) is 4.79 Å². The van der Waals surface area contributed by atoms with Gasteiger partial charge in [0.2, 0.25) is 11.8 Å². The Morgan fingerprint density at radius 1 is 1.03 bits per heavy atom. The second kappa shape index (κ2) is 14.2. The van der Waals surface area contributed by atoms with Gasteiger partial charge < -0.3 is 20.3 Å². The van der Waals surface area contributed by atoms with Crippen LogP contribution >= 0.6 is 0 Å². The smallest absolute Gasteiger partial charge is 0.408 e. The predicted octanol–water partition coefficient (Wildman–Crippen LogP) is 5.97. The molecule has 1 rings (SSSR count). The normalized spacial score (nSPS) is 14.9. The van der Waals surface area contributed by atoms with Gasteiger partial charge in [0.05, 0.1) is 0 Å². The molecule has 3 amide bonds. The highest BCUT2D eigenvalue weighted by Crippen LogP contribution is 2.34. The molecule has 4 unspecified atom stereocenters. The van der Waals surface area contributed by atoms with Gasteiger partial charge in [0.25, 0.3) is 0 Å². The summed E-state index contributed by atoms with van der Waals surface area (Å²) < 4.78 is 5.49. The van der Waals surface area contributed by atoms with Crippen molar-refractivity contribution in [1.82, 2.24) is 15.5 Å². The average molecular weight is 528 g/mol. The van der Waals surface area contributed by atoms with Crippen LogP contribution in [0.3, 0.4) is 0 Å². The van der Waals surface area contributed by atoms with Gasteiger partial charge in [-0.15, -0.1) is 6.42 Å². The number of amides is 3. The van der Waals surface area contributed by atoms with E-state index < -0.39 is 29.3 Å². The number of alkyl carbamates (subject to hydrolysis) is 1. The summed E-state index contributed by atoms with van der Waals surface area (Å²) in [4.78, 5) is 42.9. The third-order valence-corrected chi connectivity index (χ3v) is 6.93. The molecule has 0 radical (unpaired) electrons. The van der Waals surface area contributed by atoms with Crippen molar-refractivity contribution in [2.24, 2.45) is 5.92 Å². The molecule has 0 saturated heterocycles. The Hall–Kier alpha value is -3.01. The number of hydrogen-bond donors (Lipinski definition) is 2. The number of carbonyl (C=O) groups excluding carboxylic acids is 3. The van der Waals surface area contributed by atoms with Crippen molar-refractivity contribution in [3.8, 4) is 12.3 Å². The SMILES string of the molecule is C#Cc1ccccc1C(C(=O)NC(C)CCC)N(C(=O)C(NC(=O)OC(C)(C)C)C(C)CC)C(C)(C)CC. The third kappa shape index (κ3) is 9.08. The van der Waals surface area contributed by atoms with Crippen LogP contribution in [0.5, 0.6) is 0 Å². The second-order valence-corrected chi connectivity index (χ2v) is 11.7. The minimum atomic E-state index is -0.990. The zero-order chi connectivity index (χ0) is 29.3. The third-order valence-electron chi connectivity index (χ3n) is 6.93. The maximum atomic E-state index is 14.5. The van der Waals surface area contributed by atoms with E-state index >= 15 is 0 Å². The standard InChI is InChI=1S/C31H49N3O4/c1-12-18-22(6)32-27(35)26(24-20-17-16-19-23(24)14-3)34(31(10,11)15-4)28(36)25(21(5)13-2)33-29(37)38-30(7,8)9/h3,16-17,19-22,25-26H,12-13,15,18H2,1-2,4-11H3,(H,32,35)(H,33,37). The maximum absolute atomic E-state index is 14.5. The van der Waals surface area contributed by atoms with E-state index in [9.17, 15) is 14.4 Å². The Morgan fingerprint density at radius 2 is 1.63 bits per heavy atom. The summed E-state index contributed by atoms with van der Waals surface area (Å²) in [5.74, 6) is 1.82. The van der Waals surface area contributed by atoms with Gasteiger partial charge in [-0.2, -0.15) is 0 Å². The Labute approximate surface area is 230 Å². The summed E-state index contributed by atoms with van der Waals surface area (Å²) in [5.41, 5.74) is -0.346. The van der Waals surface area contributed by atoms with E-state index in [0.29, 0.717) is 24.0 Å².